The Morgan fingerprint density at radius 1 is 1.53 bits per heavy atom. The van der Waals surface area contributed by atoms with Crippen LogP contribution in [-0.2, 0) is 14.4 Å². The van der Waals surface area contributed by atoms with E-state index in [1.54, 1.807) is 0 Å². The number of carbonyl (C=O) groups is 3. The van der Waals surface area contributed by atoms with Gasteiger partial charge in [0.1, 0.15) is 5.92 Å². The normalized spacial score (nSPS) is 20.7. The summed E-state index contributed by atoms with van der Waals surface area (Å²) in [5, 5.41) is 9.39. The van der Waals surface area contributed by atoms with Gasteiger partial charge >= 0.3 is 5.97 Å². The van der Waals surface area contributed by atoms with Crippen molar-refractivity contribution in [2.45, 2.75) is 19.3 Å². The number of likely N-dealkylation sites (tertiary alicyclic amines) is 1. The van der Waals surface area contributed by atoms with Crippen LogP contribution in [-0.4, -0.2) is 39.7 Å². The average Bonchev–Trinajstić information content (AvgIpc) is 2.56. The lowest BCUT2D eigenvalue weighted by molar-refractivity contribution is -0.150. The third-order valence-electron chi connectivity index (χ3n) is 2.33. The highest BCUT2D eigenvalue weighted by molar-refractivity contribution is 9.09. The van der Waals surface area contributed by atoms with Gasteiger partial charge in [0.15, 0.2) is 0 Å². The molecule has 1 rings (SSSR count). The fourth-order valence-corrected chi connectivity index (χ4v) is 1.79. The van der Waals surface area contributed by atoms with Gasteiger partial charge in [-0.3, -0.25) is 19.3 Å². The van der Waals surface area contributed by atoms with Crippen LogP contribution in [0, 0.1) is 5.92 Å². The predicted molar refractivity (Wildman–Crippen MR) is 55.5 cm³/mol. The lowest BCUT2D eigenvalue weighted by atomic mass is 10.1. The number of carboxylic acids is 1. The Morgan fingerprint density at radius 3 is 2.67 bits per heavy atom. The average molecular weight is 278 g/mol. The standard InChI is InChI=1S/C9H12BrNO4/c10-4-1-2-7(12)11-5-3-6(8(11)13)9(14)15/h6H,1-5H2,(H,14,15). The minimum absolute atomic E-state index is 0.230. The molecule has 0 saturated carbocycles. The molecule has 0 radical (unpaired) electrons. The minimum atomic E-state index is -1.14. The van der Waals surface area contributed by atoms with Gasteiger partial charge < -0.3 is 5.11 Å². The second-order valence-corrected chi connectivity index (χ2v) is 4.15. The van der Waals surface area contributed by atoms with E-state index in [0.717, 1.165) is 4.90 Å². The van der Waals surface area contributed by atoms with Gasteiger partial charge in [-0.1, -0.05) is 15.9 Å². The number of imide groups is 1. The fourth-order valence-electron chi connectivity index (χ4n) is 1.51. The van der Waals surface area contributed by atoms with Crippen molar-refractivity contribution in [1.29, 1.82) is 0 Å². The highest BCUT2D eigenvalue weighted by atomic mass is 79.9. The Bertz CT molecular complexity index is 292. The summed E-state index contributed by atoms with van der Waals surface area (Å²) in [5.41, 5.74) is 0. The van der Waals surface area contributed by atoms with Gasteiger partial charge in [-0.15, -0.1) is 0 Å². The topological polar surface area (TPSA) is 74.7 Å². The number of nitrogens with zero attached hydrogens (tertiary/aromatic N) is 1. The number of carboxylic acid groups (broad SMARTS) is 1. The molecule has 2 amide bonds. The second kappa shape index (κ2) is 5.25. The smallest absolute Gasteiger partial charge is 0.316 e. The predicted octanol–water partition coefficient (Wildman–Crippen LogP) is 0.621. The SMILES string of the molecule is O=C(O)C1CCN(C(=O)CCCBr)C1=O. The first-order chi connectivity index (χ1) is 7.07. The molecule has 0 aromatic heterocycles. The zero-order valence-electron chi connectivity index (χ0n) is 8.11. The van der Waals surface area contributed by atoms with Crippen LogP contribution in [0.25, 0.3) is 0 Å². The van der Waals surface area contributed by atoms with E-state index in [1.807, 2.05) is 0 Å². The van der Waals surface area contributed by atoms with E-state index in [4.69, 9.17) is 5.11 Å². The van der Waals surface area contributed by atoms with Crippen LogP contribution < -0.4 is 0 Å². The number of hydrogen-bond donors (Lipinski definition) is 1. The number of carbonyl (C=O) groups excluding carboxylic acids is 2. The minimum Gasteiger partial charge on any atom is -0.481 e. The number of hydrogen-bond acceptors (Lipinski definition) is 3. The van der Waals surface area contributed by atoms with Crippen LogP contribution in [0.2, 0.25) is 0 Å². The molecule has 0 spiro atoms. The zero-order valence-corrected chi connectivity index (χ0v) is 9.70. The van der Waals surface area contributed by atoms with Gasteiger partial charge in [0.25, 0.3) is 0 Å². The Labute approximate surface area is 95.6 Å². The summed E-state index contributed by atoms with van der Waals surface area (Å²) in [6, 6.07) is 0. The first kappa shape index (κ1) is 12.2. The molecule has 0 aliphatic carbocycles. The van der Waals surface area contributed by atoms with Crippen molar-refractivity contribution in [3.8, 4) is 0 Å². The Kier molecular flexibility index (Phi) is 4.26. The van der Waals surface area contributed by atoms with Crippen molar-refractivity contribution in [2.75, 3.05) is 11.9 Å². The van der Waals surface area contributed by atoms with Crippen molar-refractivity contribution in [3.63, 3.8) is 0 Å². The summed E-state index contributed by atoms with van der Waals surface area (Å²) in [7, 11) is 0. The maximum absolute atomic E-state index is 11.5. The molecule has 0 aromatic carbocycles. The molecule has 84 valence electrons. The number of aliphatic carboxylic acids is 1. The van der Waals surface area contributed by atoms with Crippen LogP contribution in [0.15, 0.2) is 0 Å². The van der Waals surface area contributed by atoms with Crippen LogP contribution in [0.1, 0.15) is 19.3 Å². The summed E-state index contributed by atoms with van der Waals surface area (Å²) in [6.45, 7) is 0.233. The third kappa shape index (κ3) is 2.77. The third-order valence-corrected chi connectivity index (χ3v) is 2.89. The van der Waals surface area contributed by atoms with Crippen LogP contribution in [0.4, 0.5) is 0 Å². The molecule has 1 saturated heterocycles. The van der Waals surface area contributed by atoms with Crippen molar-refractivity contribution in [2.24, 2.45) is 5.92 Å². The summed E-state index contributed by atoms with van der Waals surface area (Å²) >= 11 is 3.19. The van der Waals surface area contributed by atoms with Crippen molar-refractivity contribution in [3.05, 3.63) is 0 Å². The van der Waals surface area contributed by atoms with E-state index in [9.17, 15) is 14.4 Å². The van der Waals surface area contributed by atoms with Gasteiger partial charge in [-0.05, 0) is 12.8 Å². The van der Waals surface area contributed by atoms with E-state index in [0.29, 0.717) is 11.8 Å². The molecule has 1 heterocycles. The molecule has 1 N–H and O–H groups in total. The van der Waals surface area contributed by atoms with E-state index in [2.05, 4.69) is 15.9 Å². The molecule has 5 nitrogen and oxygen atoms in total. The molecule has 1 unspecified atom stereocenters. The maximum atomic E-state index is 11.5. The number of rotatable bonds is 4. The fraction of sp³-hybridized carbons (Fsp3) is 0.667. The molecule has 0 bridgehead atoms. The molecular weight excluding hydrogens is 266 g/mol. The highest BCUT2D eigenvalue weighted by Gasteiger charge is 2.39. The number of alkyl halides is 1. The molecule has 1 fully saturated rings. The lowest BCUT2D eigenvalue weighted by Gasteiger charge is -2.13. The quantitative estimate of drug-likeness (QED) is 0.604. The van der Waals surface area contributed by atoms with Gasteiger partial charge in [0, 0.05) is 18.3 Å². The van der Waals surface area contributed by atoms with Crippen LogP contribution >= 0.6 is 15.9 Å². The van der Waals surface area contributed by atoms with Gasteiger partial charge in [-0.25, -0.2) is 0 Å². The Hall–Kier alpha value is -0.910. The zero-order chi connectivity index (χ0) is 11.4. The molecule has 6 heteroatoms. The maximum Gasteiger partial charge on any atom is 0.316 e. The molecule has 15 heavy (non-hydrogen) atoms. The number of amides is 2. The molecular formula is C9H12BrNO4. The summed E-state index contributed by atoms with van der Waals surface area (Å²) in [4.78, 5) is 34.6. The largest absolute Gasteiger partial charge is 0.481 e. The molecule has 1 atom stereocenters. The van der Waals surface area contributed by atoms with E-state index in [1.165, 1.54) is 0 Å². The van der Waals surface area contributed by atoms with Crippen molar-refractivity contribution >= 4 is 33.7 Å². The van der Waals surface area contributed by atoms with Crippen LogP contribution in [0.5, 0.6) is 0 Å². The van der Waals surface area contributed by atoms with Gasteiger partial charge in [0.2, 0.25) is 11.8 Å². The summed E-state index contributed by atoms with van der Waals surface area (Å²) in [5.74, 6) is -3.01. The summed E-state index contributed by atoms with van der Waals surface area (Å²) in [6.07, 6.45) is 1.16. The van der Waals surface area contributed by atoms with E-state index >= 15 is 0 Å². The first-order valence-electron chi connectivity index (χ1n) is 4.71. The Balaban J connectivity index is 2.55. The molecule has 1 aliphatic heterocycles. The van der Waals surface area contributed by atoms with Gasteiger partial charge in [0.05, 0.1) is 0 Å². The monoisotopic (exact) mass is 277 g/mol. The van der Waals surface area contributed by atoms with E-state index < -0.39 is 17.8 Å². The van der Waals surface area contributed by atoms with Crippen LogP contribution in [0.3, 0.4) is 0 Å². The number of halogens is 1. The lowest BCUT2D eigenvalue weighted by Crippen LogP contribution is -2.35. The first-order valence-corrected chi connectivity index (χ1v) is 5.83. The Morgan fingerprint density at radius 2 is 2.20 bits per heavy atom. The van der Waals surface area contributed by atoms with Crippen molar-refractivity contribution in [1.82, 2.24) is 4.90 Å². The molecule has 1 aliphatic rings. The van der Waals surface area contributed by atoms with Gasteiger partial charge in [-0.2, -0.15) is 0 Å². The highest BCUT2D eigenvalue weighted by Crippen LogP contribution is 2.19. The van der Waals surface area contributed by atoms with E-state index in [-0.39, 0.29) is 25.3 Å². The second-order valence-electron chi connectivity index (χ2n) is 3.36. The summed E-state index contributed by atoms with van der Waals surface area (Å²) < 4.78 is 0. The van der Waals surface area contributed by atoms with Crippen molar-refractivity contribution < 1.29 is 19.5 Å². The molecule has 0 aromatic rings.